The number of hydrogen-bond donors (Lipinski definition) is 2. The van der Waals surface area contributed by atoms with Gasteiger partial charge in [0.05, 0.1) is 10.4 Å². The first-order valence-electron chi connectivity index (χ1n) is 6.19. The van der Waals surface area contributed by atoms with Gasteiger partial charge in [0, 0.05) is 4.88 Å². The van der Waals surface area contributed by atoms with Crippen molar-refractivity contribution >= 4 is 34.9 Å². The maximum atomic E-state index is 11.7. The molecule has 1 heterocycles. The van der Waals surface area contributed by atoms with Crippen molar-refractivity contribution in [1.29, 1.82) is 0 Å². The highest BCUT2D eigenvalue weighted by atomic mass is 35.5. The molecule has 5 nitrogen and oxygen atoms in total. The third-order valence-corrected chi connectivity index (χ3v) is 3.60. The van der Waals surface area contributed by atoms with Crippen LogP contribution in [0, 0.1) is 0 Å². The fourth-order valence-corrected chi connectivity index (χ4v) is 2.45. The first-order chi connectivity index (χ1) is 9.17. The molecular formula is C13H19ClN2O3S. The number of hydrogen-bond acceptors (Lipinski definition) is 4. The number of nitrogens with one attached hydrogen (secondary N) is 2. The minimum atomic E-state index is -0.612. The average Bonchev–Trinajstić information content (AvgIpc) is 2.71. The number of halogens is 1. The molecule has 112 valence electrons. The molecule has 0 aromatic carbocycles. The number of alkyl carbamates (subject to hydrolysis) is 1. The van der Waals surface area contributed by atoms with E-state index in [1.54, 1.807) is 26.8 Å². The van der Waals surface area contributed by atoms with Crippen molar-refractivity contribution in [2.24, 2.45) is 0 Å². The summed E-state index contributed by atoms with van der Waals surface area (Å²) in [6.45, 7) is 7.01. The molecule has 2 N–H and O–H groups in total. The van der Waals surface area contributed by atoms with Crippen molar-refractivity contribution in [3.8, 4) is 0 Å². The molecule has 0 aliphatic rings. The molecule has 0 aliphatic heterocycles. The Morgan fingerprint density at radius 1 is 1.40 bits per heavy atom. The fourth-order valence-electron chi connectivity index (χ4n) is 1.39. The standard InChI is InChI=1S/C13H19ClN2O3S/c1-8(9-5-6-10(14)20-9)16-11(17)7-15-12(18)19-13(2,3)4/h5-6,8H,7H2,1-4H3,(H,15,18)(H,16,17)/t8-/m0/s1. The van der Waals surface area contributed by atoms with E-state index >= 15 is 0 Å². The van der Waals surface area contributed by atoms with Crippen LogP contribution in [-0.4, -0.2) is 24.1 Å². The van der Waals surface area contributed by atoms with E-state index in [4.69, 9.17) is 16.3 Å². The van der Waals surface area contributed by atoms with Crippen LogP contribution >= 0.6 is 22.9 Å². The molecule has 20 heavy (non-hydrogen) atoms. The molecular weight excluding hydrogens is 300 g/mol. The summed E-state index contributed by atoms with van der Waals surface area (Å²) in [5.41, 5.74) is -0.582. The quantitative estimate of drug-likeness (QED) is 0.896. The maximum Gasteiger partial charge on any atom is 0.408 e. The Hall–Kier alpha value is -1.27. The normalized spacial score (nSPS) is 12.7. The highest BCUT2D eigenvalue weighted by molar-refractivity contribution is 7.16. The van der Waals surface area contributed by atoms with E-state index < -0.39 is 11.7 Å². The van der Waals surface area contributed by atoms with Crippen molar-refractivity contribution in [3.63, 3.8) is 0 Å². The predicted octanol–water partition coefficient (Wildman–Crippen LogP) is 3.10. The molecule has 0 bridgehead atoms. The van der Waals surface area contributed by atoms with E-state index in [9.17, 15) is 9.59 Å². The number of ether oxygens (including phenoxy) is 1. The number of carbonyl (C=O) groups excluding carboxylic acids is 2. The van der Waals surface area contributed by atoms with Crippen molar-refractivity contribution < 1.29 is 14.3 Å². The van der Waals surface area contributed by atoms with Gasteiger partial charge in [-0.15, -0.1) is 11.3 Å². The van der Waals surface area contributed by atoms with Crippen LogP contribution in [0.2, 0.25) is 4.34 Å². The maximum absolute atomic E-state index is 11.7. The van der Waals surface area contributed by atoms with Crippen molar-refractivity contribution in [2.75, 3.05) is 6.54 Å². The van der Waals surface area contributed by atoms with Gasteiger partial charge in [-0.1, -0.05) is 11.6 Å². The van der Waals surface area contributed by atoms with Gasteiger partial charge in [0.15, 0.2) is 0 Å². The third kappa shape index (κ3) is 6.25. The highest BCUT2D eigenvalue weighted by Gasteiger charge is 2.17. The molecule has 1 aromatic heterocycles. The van der Waals surface area contributed by atoms with Gasteiger partial charge in [0.25, 0.3) is 0 Å². The summed E-state index contributed by atoms with van der Waals surface area (Å²) >= 11 is 7.25. The molecule has 2 amide bonds. The lowest BCUT2D eigenvalue weighted by Gasteiger charge is -2.19. The molecule has 7 heteroatoms. The Bertz CT molecular complexity index is 482. The topological polar surface area (TPSA) is 67.4 Å². The molecule has 1 atom stereocenters. The van der Waals surface area contributed by atoms with E-state index in [0.717, 1.165) is 4.88 Å². The summed E-state index contributed by atoms with van der Waals surface area (Å²) in [6.07, 6.45) is -0.612. The van der Waals surface area contributed by atoms with E-state index in [1.165, 1.54) is 11.3 Å². The SMILES string of the molecule is C[C@H](NC(=O)CNC(=O)OC(C)(C)C)c1ccc(Cl)s1. The Kier molecular flexibility index (Phi) is 5.83. The number of carbonyl (C=O) groups is 2. The first kappa shape index (κ1) is 16.8. The van der Waals surface area contributed by atoms with Crippen LogP contribution in [0.1, 0.15) is 38.6 Å². The van der Waals surface area contributed by atoms with Gasteiger partial charge in [-0.05, 0) is 39.8 Å². The smallest absolute Gasteiger partial charge is 0.408 e. The molecule has 0 unspecified atom stereocenters. The number of amides is 2. The second kappa shape index (κ2) is 6.95. The van der Waals surface area contributed by atoms with Crippen LogP contribution in [0.15, 0.2) is 12.1 Å². The van der Waals surface area contributed by atoms with Gasteiger partial charge < -0.3 is 15.4 Å². The number of thiophene rings is 1. The second-order valence-electron chi connectivity index (χ2n) is 5.29. The van der Waals surface area contributed by atoms with Gasteiger partial charge in [0.2, 0.25) is 5.91 Å². The zero-order chi connectivity index (χ0) is 15.3. The lowest BCUT2D eigenvalue weighted by Crippen LogP contribution is -2.40. The van der Waals surface area contributed by atoms with Crippen LogP contribution in [0.4, 0.5) is 4.79 Å². The summed E-state index contributed by atoms with van der Waals surface area (Å²) in [4.78, 5) is 24.0. The van der Waals surface area contributed by atoms with Crippen molar-refractivity contribution in [2.45, 2.75) is 39.3 Å². The summed E-state index contributed by atoms with van der Waals surface area (Å²) in [5, 5.41) is 5.18. The molecule has 0 fully saturated rings. The van der Waals surface area contributed by atoms with Crippen LogP contribution in [0.25, 0.3) is 0 Å². The Labute approximate surface area is 127 Å². The largest absolute Gasteiger partial charge is 0.444 e. The van der Waals surface area contributed by atoms with Crippen molar-refractivity contribution in [1.82, 2.24) is 10.6 Å². The monoisotopic (exact) mass is 318 g/mol. The van der Waals surface area contributed by atoms with Gasteiger partial charge >= 0.3 is 6.09 Å². The van der Waals surface area contributed by atoms with Crippen molar-refractivity contribution in [3.05, 3.63) is 21.3 Å². The minimum Gasteiger partial charge on any atom is -0.444 e. The Morgan fingerprint density at radius 2 is 2.05 bits per heavy atom. The Balaban J connectivity index is 2.35. The predicted molar refractivity (Wildman–Crippen MR) is 80.1 cm³/mol. The molecule has 1 aromatic rings. The van der Waals surface area contributed by atoms with Gasteiger partial charge in [-0.25, -0.2) is 4.79 Å². The van der Waals surface area contributed by atoms with E-state index in [-0.39, 0.29) is 18.5 Å². The van der Waals surface area contributed by atoms with Gasteiger partial charge in [-0.3, -0.25) is 4.79 Å². The molecule has 1 rings (SSSR count). The molecule has 0 spiro atoms. The molecule has 0 saturated carbocycles. The fraction of sp³-hybridized carbons (Fsp3) is 0.538. The average molecular weight is 319 g/mol. The highest BCUT2D eigenvalue weighted by Crippen LogP contribution is 2.26. The zero-order valence-electron chi connectivity index (χ0n) is 12.0. The summed E-state index contributed by atoms with van der Waals surface area (Å²) in [7, 11) is 0. The van der Waals surface area contributed by atoms with Gasteiger partial charge in [-0.2, -0.15) is 0 Å². The van der Waals surface area contributed by atoms with E-state index in [0.29, 0.717) is 4.34 Å². The minimum absolute atomic E-state index is 0.127. The zero-order valence-corrected chi connectivity index (χ0v) is 13.5. The van der Waals surface area contributed by atoms with E-state index in [1.807, 2.05) is 13.0 Å². The lowest BCUT2D eigenvalue weighted by molar-refractivity contribution is -0.120. The lowest BCUT2D eigenvalue weighted by atomic mass is 10.2. The molecule has 0 aliphatic carbocycles. The molecule has 0 saturated heterocycles. The summed E-state index contributed by atoms with van der Waals surface area (Å²) in [5.74, 6) is -0.284. The Morgan fingerprint density at radius 3 is 2.55 bits per heavy atom. The number of rotatable bonds is 4. The van der Waals surface area contributed by atoms with Gasteiger partial charge in [0.1, 0.15) is 12.1 Å². The summed E-state index contributed by atoms with van der Waals surface area (Å²) in [6, 6.07) is 3.49. The molecule has 0 radical (unpaired) electrons. The third-order valence-electron chi connectivity index (χ3n) is 2.19. The van der Waals surface area contributed by atoms with E-state index in [2.05, 4.69) is 10.6 Å². The second-order valence-corrected chi connectivity index (χ2v) is 7.03. The van der Waals surface area contributed by atoms with Crippen LogP contribution in [-0.2, 0) is 9.53 Å². The summed E-state index contributed by atoms with van der Waals surface area (Å²) < 4.78 is 5.71. The van der Waals surface area contributed by atoms with Crippen LogP contribution in [0.3, 0.4) is 0 Å². The van der Waals surface area contributed by atoms with Crippen LogP contribution < -0.4 is 10.6 Å². The van der Waals surface area contributed by atoms with Crippen LogP contribution in [0.5, 0.6) is 0 Å². The first-order valence-corrected chi connectivity index (χ1v) is 7.38.